The summed E-state index contributed by atoms with van der Waals surface area (Å²) in [6, 6.07) is 3.60. The molecule has 1 aromatic rings. The Morgan fingerprint density at radius 2 is 2.11 bits per heavy atom. The molecule has 0 bridgehead atoms. The van der Waals surface area contributed by atoms with E-state index in [1.165, 1.54) is 0 Å². The second-order valence-corrected chi connectivity index (χ2v) is 5.23. The zero-order chi connectivity index (χ0) is 13.6. The molecule has 0 aromatic carbocycles. The smallest absolute Gasteiger partial charge is 0.225 e. The third-order valence-electron chi connectivity index (χ3n) is 2.45. The summed E-state index contributed by atoms with van der Waals surface area (Å²) in [5, 5.41) is 6.03. The van der Waals surface area contributed by atoms with Crippen molar-refractivity contribution in [2.24, 2.45) is 5.41 Å². The van der Waals surface area contributed by atoms with Crippen LogP contribution in [-0.4, -0.2) is 24.0 Å². The third-order valence-corrected chi connectivity index (χ3v) is 2.45. The van der Waals surface area contributed by atoms with Crippen LogP contribution >= 0.6 is 0 Å². The molecule has 1 rings (SSSR count). The number of pyridine rings is 1. The van der Waals surface area contributed by atoms with E-state index in [4.69, 9.17) is 5.73 Å². The molecule has 0 fully saturated rings. The quantitative estimate of drug-likeness (QED) is 0.694. The molecule has 1 amide bonds. The largest absolute Gasteiger partial charge is 0.396 e. The molecule has 1 aromatic heterocycles. The van der Waals surface area contributed by atoms with Gasteiger partial charge in [-0.1, -0.05) is 20.8 Å². The second kappa shape index (κ2) is 6.23. The molecule has 18 heavy (non-hydrogen) atoms. The Morgan fingerprint density at radius 3 is 2.72 bits per heavy atom. The molecule has 0 aliphatic rings. The summed E-state index contributed by atoms with van der Waals surface area (Å²) in [6.45, 7) is 7.07. The zero-order valence-electron chi connectivity index (χ0n) is 11.3. The minimum Gasteiger partial charge on any atom is -0.396 e. The van der Waals surface area contributed by atoms with Crippen LogP contribution < -0.4 is 16.4 Å². The number of nitrogens with zero attached hydrogens (tertiary/aromatic N) is 1. The molecular weight excluding hydrogens is 228 g/mol. The van der Waals surface area contributed by atoms with E-state index in [1.807, 2.05) is 20.8 Å². The highest BCUT2D eigenvalue weighted by Gasteiger charge is 2.19. The van der Waals surface area contributed by atoms with E-state index in [-0.39, 0.29) is 11.3 Å². The lowest BCUT2D eigenvalue weighted by Gasteiger charge is -2.17. The van der Waals surface area contributed by atoms with Gasteiger partial charge in [-0.2, -0.15) is 0 Å². The van der Waals surface area contributed by atoms with Gasteiger partial charge in [-0.3, -0.25) is 4.79 Å². The van der Waals surface area contributed by atoms with Crippen LogP contribution in [-0.2, 0) is 4.79 Å². The van der Waals surface area contributed by atoms with Crippen molar-refractivity contribution in [1.82, 2.24) is 10.3 Å². The number of nitrogen functional groups attached to an aromatic ring is 1. The summed E-state index contributed by atoms with van der Waals surface area (Å²) in [4.78, 5) is 15.7. The van der Waals surface area contributed by atoms with E-state index in [2.05, 4.69) is 15.6 Å². The number of hydrogen-bond donors (Lipinski definition) is 3. The summed E-state index contributed by atoms with van der Waals surface area (Å²) < 4.78 is 0. The zero-order valence-corrected chi connectivity index (χ0v) is 11.3. The Labute approximate surface area is 108 Å². The third kappa shape index (κ3) is 4.61. The Bertz CT molecular complexity index is 398. The molecule has 0 unspecified atom stereocenters. The van der Waals surface area contributed by atoms with Crippen LogP contribution in [0.5, 0.6) is 0 Å². The highest BCUT2D eigenvalue weighted by atomic mass is 16.2. The molecule has 0 aliphatic carbocycles. The van der Waals surface area contributed by atoms with Gasteiger partial charge < -0.3 is 16.4 Å². The molecule has 100 valence electrons. The Balaban J connectivity index is 2.20. The van der Waals surface area contributed by atoms with E-state index in [0.717, 1.165) is 13.0 Å². The number of nitrogens with two attached hydrogens (primary N) is 1. The summed E-state index contributed by atoms with van der Waals surface area (Å²) in [7, 11) is 0. The average molecular weight is 250 g/mol. The van der Waals surface area contributed by atoms with Crippen molar-refractivity contribution in [3.8, 4) is 0 Å². The molecule has 0 saturated heterocycles. The number of anilines is 2. The summed E-state index contributed by atoms with van der Waals surface area (Å²) >= 11 is 0. The second-order valence-electron chi connectivity index (χ2n) is 5.23. The highest BCUT2D eigenvalue weighted by molar-refractivity contribution is 5.81. The van der Waals surface area contributed by atoms with Gasteiger partial charge in [0, 0.05) is 24.7 Å². The number of carbonyl (C=O) groups is 1. The van der Waals surface area contributed by atoms with Gasteiger partial charge in [-0.05, 0) is 18.6 Å². The molecule has 0 atom stereocenters. The summed E-state index contributed by atoms with van der Waals surface area (Å²) in [5.41, 5.74) is 6.05. The van der Waals surface area contributed by atoms with Crippen molar-refractivity contribution in [3.05, 3.63) is 18.3 Å². The van der Waals surface area contributed by atoms with E-state index < -0.39 is 0 Å². The molecule has 1 heterocycles. The lowest BCUT2D eigenvalue weighted by atomic mass is 9.96. The van der Waals surface area contributed by atoms with Crippen LogP contribution in [0.2, 0.25) is 0 Å². The lowest BCUT2D eigenvalue weighted by Crippen LogP contribution is -2.35. The molecule has 0 aliphatic heterocycles. The number of nitrogens with one attached hydrogen (secondary N) is 2. The number of amides is 1. The topological polar surface area (TPSA) is 80.0 Å². The van der Waals surface area contributed by atoms with Crippen molar-refractivity contribution >= 4 is 17.4 Å². The van der Waals surface area contributed by atoms with Gasteiger partial charge in [0.05, 0.1) is 5.69 Å². The van der Waals surface area contributed by atoms with E-state index in [1.54, 1.807) is 18.3 Å². The van der Waals surface area contributed by atoms with Crippen LogP contribution in [0.4, 0.5) is 11.5 Å². The van der Waals surface area contributed by atoms with E-state index in [0.29, 0.717) is 18.1 Å². The molecule has 4 N–H and O–H groups in total. The maximum atomic E-state index is 11.6. The first-order valence-corrected chi connectivity index (χ1v) is 6.14. The summed E-state index contributed by atoms with van der Waals surface area (Å²) in [6.07, 6.45) is 2.53. The van der Waals surface area contributed by atoms with Crippen LogP contribution in [0.3, 0.4) is 0 Å². The van der Waals surface area contributed by atoms with Gasteiger partial charge in [0.1, 0.15) is 5.82 Å². The van der Waals surface area contributed by atoms with Gasteiger partial charge in [-0.25, -0.2) is 4.98 Å². The molecule has 5 heteroatoms. The first-order chi connectivity index (χ1) is 8.41. The van der Waals surface area contributed by atoms with Crippen molar-refractivity contribution in [1.29, 1.82) is 0 Å². The minimum atomic E-state index is -0.334. The van der Waals surface area contributed by atoms with Crippen molar-refractivity contribution in [2.45, 2.75) is 27.2 Å². The fourth-order valence-electron chi connectivity index (χ4n) is 1.33. The fraction of sp³-hybridized carbons (Fsp3) is 0.538. The fourth-order valence-corrected chi connectivity index (χ4v) is 1.33. The minimum absolute atomic E-state index is 0.0693. The normalized spacial score (nSPS) is 11.1. The van der Waals surface area contributed by atoms with Crippen molar-refractivity contribution < 1.29 is 4.79 Å². The Hall–Kier alpha value is -1.78. The van der Waals surface area contributed by atoms with Gasteiger partial charge in [0.2, 0.25) is 5.91 Å². The lowest BCUT2D eigenvalue weighted by molar-refractivity contribution is -0.128. The van der Waals surface area contributed by atoms with E-state index >= 15 is 0 Å². The van der Waals surface area contributed by atoms with Crippen molar-refractivity contribution in [3.63, 3.8) is 0 Å². The Kier molecular flexibility index (Phi) is 4.95. The van der Waals surface area contributed by atoms with E-state index in [9.17, 15) is 4.79 Å². The monoisotopic (exact) mass is 250 g/mol. The number of rotatable bonds is 5. The molecule has 0 radical (unpaired) electrons. The predicted octanol–water partition coefficient (Wildman–Crippen LogP) is 1.63. The van der Waals surface area contributed by atoms with Gasteiger partial charge in [0.25, 0.3) is 0 Å². The average Bonchev–Trinajstić information content (AvgIpc) is 2.29. The first-order valence-electron chi connectivity index (χ1n) is 6.14. The number of hydrogen-bond acceptors (Lipinski definition) is 4. The SMILES string of the molecule is CC(C)(C)C(=O)NCCCNc1ncccc1N. The van der Waals surface area contributed by atoms with Crippen molar-refractivity contribution in [2.75, 3.05) is 24.1 Å². The predicted molar refractivity (Wildman–Crippen MR) is 74.2 cm³/mol. The standard InChI is InChI=1S/C13H22N4O/c1-13(2,3)12(18)17-9-5-8-16-11-10(14)6-4-7-15-11/h4,6-7H,5,8-9,14H2,1-3H3,(H,15,16)(H,17,18). The van der Waals surface area contributed by atoms with Gasteiger partial charge >= 0.3 is 0 Å². The van der Waals surface area contributed by atoms with Crippen LogP contribution in [0.15, 0.2) is 18.3 Å². The van der Waals surface area contributed by atoms with Crippen LogP contribution in [0.1, 0.15) is 27.2 Å². The number of carbonyl (C=O) groups excluding carboxylic acids is 1. The van der Waals surface area contributed by atoms with Crippen LogP contribution in [0, 0.1) is 5.41 Å². The summed E-state index contributed by atoms with van der Waals surface area (Å²) in [5.74, 6) is 0.763. The highest BCUT2D eigenvalue weighted by Crippen LogP contribution is 2.13. The Morgan fingerprint density at radius 1 is 1.39 bits per heavy atom. The number of aromatic nitrogens is 1. The molecule has 0 saturated carbocycles. The van der Waals surface area contributed by atoms with Crippen LogP contribution in [0.25, 0.3) is 0 Å². The molecule has 0 spiro atoms. The van der Waals surface area contributed by atoms with Gasteiger partial charge in [-0.15, -0.1) is 0 Å². The molecular formula is C13H22N4O. The van der Waals surface area contributed by atoms with Gasteiger partial charge in [0.15, 0.2) is 0 Å². The maximum Gasteiger partial charge on any atom is 0.225 e. The first kappa shape index (κ1) is 14.3. The maximum absolute atomic E-state index is 11.6. The molecule has 5 nitrogen and oxygen atoms in total.